The third-order valence-corrected chi connectivity index (χ3v) is 5.26. The number of hydrogen-bond donors (Lipinski definition) is 0. The molecule has 1 heterocycles. The zero-order chi connectivity index (χ0) is 17.3. The van der Waals surface area contributed by atoms with Gasteiger partial charge in [0.05, 0.1) is 16.3 Å². The molecule has 5 nitrogen and oxygen atoms in total. The first-order chi connectivity index (χ1) is 11.5. The van der Waals surface area contributed by atoms with Crippen molar-refractivity contribution in [2.75, 3.05) is 32.1 Å². The number of fused-ring (bicyclic) bond motifs is 2. The zero-order valence-corrected chi connectivity index (χ0v) is 15.1. The van der Waals surface area contributed by atoms with E-state index in [2.05, 4.69) is 9.80 Å². The number of nitrogens with zero attached hydrogens (tertiary/aromatic N) is 3. The van der Waals surface area contributed by atoms with Crippen molar-refractivity contribution in [2.24, 2.45) is 0 Å². The van der Waals surface area contributed by atoms with E-state index in [1.165, 1.54) is 17.8 Å². The Morgan fingerprint density at radius 1 is 1.25 bits per heavy atom. The number of halogens is 1. The Balaban J connectivity index is 2.07. The van der Waals surface area contributed by atoms with Gasteiger partial charge in [0.2, 0.25) is 0 Å². The van der Waals surface area contributed by atoms with E-state index >= 15 is 0 Å². The Morgan fingerprint density at radius 3 is 2.71 bits per heavy atom. The van der Waals surface area contributed by atoms with Crippen LogP contribution in [-0.4, -0.2) is 37.0 Å². The number of rotatable bonds is 5. The average Bonchev–Trinajstić information content (AvgIpc) is 2.53. The van der Waals surface area contributed by atoms with Gasteiger partial charge in [-0.2, -0.15) is 0 Å². The van der Waals surface area contributed by atoms with Gasteiger partial charge in [-0.15, -0.1) is 0 Å². The SMILES string of the molecule is CN(C)CCCN1c2ccccc2Sc2c1cc(Cl)cc2[N+](=O)[O-]. The minimum atomic E-state index is -0.357. The summed E-state index contributed by atoms with van der Waals surface area (Å²) < 4.78 is 0. The van der Waals surface area contributed by atoms with Gasteiger partial charge < -0.3 is 9.80 Å². The molecule has 0 N–H and O–H groups in total. The summed E-state index contributed by atoms with van der Waals surface area (Å²) in [6, 6.07) is 11.2. The van der Waals surface area contributed by atoms with Gasteiger partial charge in [0.25, 0.3) is 5.69 Å². The van der Waals surface area contributed by atoms with E-state index in [4.69, 9.17) is 11.6 Å². The van der Waals surface area contributed by atoms with E-state index in [9.17, 15) is 10.1 Å². The molecule has 1 aliphatic heterocycles. The molecule has 7 heteroatoms. The van der Waals surface area contributed by atoms with Gasteiger partial charge >= 0.3 is 0 Å². The van der Waals surface area contributed by atoms with Crippen molar-refractivity contribution >= 4 is 40.4 Å². The van der Waals surface area contributed by atoms with Crippen LogP contribution in [0.3, 0.4) is 0 Å². The standard InChI is InChI=1S/C17H18ClN3O2S/c1-19(2)8-5-9-20-13-6-3-4-7-16(13)24-17-14(20)10-12(18)11-15(17)21(22)23/h3-4,6-7,10-11H,5,8-9H2,1-2H3. The van der Waals surface area contributed by atoms with E-state index in [0.717, 1.165) is 35.8 Å². The second-order valence-electron chi connectivity index (χ2n) is 5.91. The van der Waals surface area contributed by atoms with Crippen LogP contribution in [-0.2, 0) is 0 Å². The lowest BCUT2D eigenvalue weighted by Gasteiger charge is -2.33. The highest BCUT2D eigenvalue weighted by molar-refractivity contribution is 8.00. The molecule has 126 valence electrons. The largest absolute Gasteiger partial charge is 0.339 e. The summed E-state index contributed by atoms with van der Waals surface area (Å²) in [4.78, 5) is 17.1. The minimum absolute atomic E-state index is 0.0645. The average molecular weight is 364 g/mol. The van der Waals surface area contributed by atoms with Crippen LogP contribution in [0.1, 0.15) is 6.42 Å². The Morgan fingerprint density at radius 2 is 2.00 bits per heavy atom. The van der Waals surface area contributed by atoms with E-state index in [0.29, 0.717) is 9.92 Å². The van der Waals surface area contributed by atoms with Crippen LogP contribution in [0.5, 0.6) is 0 Å². The second-order valence-corrected chi connectivity index (χ2v) is 7.40. The summed E-state index contributed by atoms with van der Waals surface area (Å²) >= 11 is 7.59. The summed E-state index contributed by atoms with van der Waals surface area (Å²) in [6.45, 7) is 1.73. The van der Waals surface area contributed by atoms with Crippen molar-refractivity contribution in [1.82, 2.24) is 4.90 Å². The van der Waals surface area contributed by atoms with Gasteiger partial charge in [0.1, 0.15) is 4.90 Å². The van der Waals surface area contributed by atoms with E-state index in [-0.39, 0.29) is 10.6 Å². The quantitative estimate of drug-likeness (QED) is 0.564. The molecule has 1 aliphatic rings. The Labute approximate surface area is 150 Å². The molecule has 2 aromatic carbocycles. The van der Waals surface area contributed by atoms with Crippen molar-refractivity contribution in [2.45, 2.75) is 16.2 Å². The smallest absolute Gasteiger partial charge is 0.286 e. The summed E-state index contributed by atoms with van der Waals surface area (Å²) in [5.74, 6) is 0. The Hall–Kier alpha value is -1.76. The second kappa shape index (κ2) is 7.01. The lowest BCUT2D eigenvalue weighted by molar-refractivity contribution is -0.387. The third-order valence-electron chi connectivity index (χ3n) is 3.86. The summed E-state index contributed by atoms with van der Waals surface area (Å²) in [5.41, 5.74) is 1.96. The summed E-state index contributed by atoms with van der Waals surface area (Å²) in [7, 11) is 4.07. The van der Waals surface area contributed by atoms with Gasteiger partial charge in [-0.1, -0.05) is 35.5 Å². The number of hydrogen-bond acceptors (Lipinski definition) is 5. The van der Waals surface area contributed by atoms with Crippen LogP contribution in [0.25, 0.3) is 0 Å². The van der Waals surface area contributed by atoms with Crippen LogP contribution in [0.2, 0.25) is 5.02 Å². The first kappa shape index (κ1) is 17.1. The lowest BCUT2D eigenvalue weighted by Crippen LogP contribution is -2.25. The van der Waals surface area contributed by atoms with Crippen molar-refractivity contribution in [3.05, 3.63) is 51.5 Å². The van der Waals surface area contributed by atoms with Crippen LogP contribution >= 0.6 is 23.4 Å². The van der Waals surface area contributed by atoms with E-state index in [1.54, 1.807) is 0 Å². The van der Waals surface area contributed by atoms with Gasteiger partial charge in [-0.3, -0.25) is 10.1 Å². The maximum absolute atomic E-state index is 11.5. The fraction of sp³-hybridized carbons (Fsp3) is 0.294. The lowest BCUT2D eigenvalue weighted by atomic mass is 10.2. The van der Waals surface area contributed by atoms with Crippen LogP contribution in [0, 0.1) is 10.1 Å². The van der Waals surface area contributed by atoms with Crippen LogP contribution in [0.4, 0.5) is 17.1 Å². The molecule has 0 saturated heterocycles. The predicted octanol–water partition coefficient (Wildman–Crippen LogP) is 4.80. The monoisotopic (exact) mass is 363 g/mol. The van der Waals surface area contributed by atoms with E-state index in [1.807, 2.05) is 44.4 Å². The molecule has 0 saturated carbocycles. The molecular formula is C17H18ClN3O2S. The molecule has 0 spiro atoms. The molecule has 0 radical (unpaired) electrons. The first-order valence-electron chi connectivity index (χ1n) is 7.64. The Kier molecular flexibility index (Phi) is 4.99. The minimum Gasteiger partial charge on any atom is -0.339 e. The Bertz CT molecular complexity index is 782. The topological polar surface area (TPSA) is 49.6 Å². The molecule has 24 heavy (non-hydrogen) atoms. The van der Waals surface area contributed by atoms with Crippen molar-refractivity contribution < 1.29 is 4.92 Å². The fourth-order valence-corrected chi connectivity index (χ4v) is 4.17. The first-order valence-corrected chi connectivity index (χ1v) is 8.84. The summed E-state index contributed by atoms with van der Waals surface area (Å²) in [6.07, 6.45) is 0.950. The molecule has 0 amide bonds. The predicted molar refractivity (Wildman–Crippen MR) is 98.8 cm³/mol. The maximum Gasteiger partial charge on any atom is 0.286 e. The van der Waals surface area contributed by atoms with Gasteiger partial charge in [0, 0.05) is 22.5 Å². The molecule has 0 atom stereocenters. The van der Waals surface area contributed by atoms with Crippen molar-refractivity contribution in [1.29, 1.82) is 0 Å². The zero-order valence-electron chi connectivity index (χ0n) is 13.5. The molecule has 0 fully saturated rings. The number of nitro groups is 1. The fourth-order valence-electron chi connectivity index (χ4n) is 2.80. The number of anilines is 2. The highest BCUT2D eigenvalue weighted by atomic mass is 35.5. The van der Waals surface area contributed by atoms with Gasteiger partial charge in [-0.25, -0.2) is 0 Å². The van der Waals surface area contributed by atoms with Crippen molar-refractivity contribution in [3.8, 4) is 0 Å². The maximum atomic E-state index is 11.5. The molecule has 0 aromatic heterocycles. The van der Waals surface area contributed by atoms with Crippen LogP contribution in [0.15, 0.2) is 46.2 Å². The normalized spacial score (nSPS) is 12.9. The summed E-state index contributed by atoms with van der Waals surface area (Å²) in [5, 5.41) is 11.8. The third kappa shape index (κ3) is 3.36. The van der Waals surface area contributed by atoms with Crippen molar-refractivity contribution in [3.63, 3.8) is 0 Å². The molecule has 0 unspecified atom stereocenters. The van der Waals surface area contributed by atoms with Gasteiger partial charge in [-0.05, 0) is 45.3 Å². The molecule has 3 rings (SSSR count). The molecule has 0 aliphatic carbocycles. The molecule has 2 aromatic rings. The number of para-hydroxylation sites is 1. The molecular weight excluding hydrogens is 346 g/mol. The van der Waals surface area contributed by atoms with E-state index < -0.39 is 0 Å². The molecule has 0 bridgehead atoms. The highest BCUT2D eigenvalue weighted by Crippen LogP contribution is 2.52. The van der Waals surface area contributed by atoms with Crippen LogP contribution < -0.4 is 4.90 Å². The number of benzene rings is 2. The van der Waals surface area contributed by atoms with Gasteiger partial charge in [0.15, 0.2) is 0 Å². The number of nitro benzene ring substituents is 1. The highest BCUT2D eigenvalue weighted by Gasteiger charge is 2.30.